The summed E-state index contributed by atoms with van der Waals surface area (Å²) >= 11 is 0. The Morgan fingerprint density at radius 2 is 0.586 bits per heavy atom. The third kappa shape index (κ3) is 55.0. The van der Waals surface area contributed by atoms with E-state index in [1.54, 1.807) is 0 Å². The number of hydrogen-bond donors (Lipinski definition) is 0. The van der Waals surface area contributed by atoms with E-state index >= 15 is 0 Å². The van der Waals surface area contributed by atoms with Crippen molar-refractivity contribution in [2.24, 2.45) is 0 Å². The Morgan fingerprint density at radius 1 is 0.300 bits per heavy atom. The molecular weight excluding hydrogens is 865 g/mol. The van der Waals surface area contributed by atoms with Gasteiger partial charge in [-0.2, -0.15) is 0 Å². The molecule has 0 aromatic rings. The van der Waals surface area contributed by atoms with Gasteiger partial charge in [0.2, 0.25) is 0 Å². The van der Waals surface area contributed by atoms with Crippen LogP contribution in [-0.2, 0) is 28.6 Å². The monoisotopic (exact) mass is 971 g/mol. The number of hydrogen-bond acceptors (Lipinski definition) is 6. The first-order valence-electron chi connectivity index (χ1n) is 28.9. The Kier molecular flexibility index (Phi) is 54.4. The molecule has 70 heavy (non-hydrogen) atoms. The average Bonchev–Trinajstić information content (AvgIpc) is 3.36. The van der Waals surface area contributed by atoms with E-state index in [0.29, 0.717) is 19.3 Å². The number of ether oxygens (including phenoxy) is 3. The summed E-state index contributed by atoms with van der Waals surface area (Å²) in [6, 6.07) is 0. The summed E-state index contributed by atoms with van der Waals surface area (Å²) in [5.41, 5.74) is 0. The molecule has 0 N–H and O–H groups in total. The third-order valence-electron chi connectivity index (χ3n) is 12.0. The van der Waals surface area contributed by atoms with E-state index in [1.807, 2.05) is 12.2 Å². The zero-order valence-electron chi connectivity index (χ0n) is 45.5. The van der Waals surface area contributed by atoms with Gasteiger partial charge >= 0.3 is 17.9 Å². The molecule has 0 aliphatic rings. The predicted octanol–water partition coefficient (Wildman–Crippen LogP) is 19.5. The summed E-state index contributed by atoms with van der Waals surface area (Å²) in [5.74, 6) is -1.00. The van der Waals surface area contributed by atoms with Crippen molar-refractivity contribution in [1.29, 1.82) is 0 Å². The summed E-state index contributed by atoms with van der Waals surface area (Å²) in [4.78, 5) is 38.0. The lowest BCUT2D eigenvalue weighted by Crippen LogP contribution is -2.30. The number of allylic oxidation sites excluding steroid dienone is 18. The molecule has 0 fully saturated rings. The van der Waals surface area contributed by atoms with Gasteiger partial charge in [-0.25, -0.2) is 0 Å². The van der Waals surface area contributed by atoms with Crippen molar-refractivity contribution in [1.82, 2.24) is 0 Å². The molecule has 6 heteroatoms. The van der Waals surface area contributed by atoms with Gasteiger partial charge in [-0.1, -0.05) is 252 Å². The minimum Gasteiger partial charge on any atom is -0.462 e. The number of esters is 3. The first kappa shape index (κ1) is 66.1. The maximum absolute atomic E-state index is 12.8. The van der Waals surface area contributed by atoms with Crippen molar-refractivity contribution in [3.63, 3.8) is 0 Å². The smallest absolute Gasteiger partial charge is 0.306 e. The van der Waals surface area contributed by atoms with Gasteiger partial charge in [0, 0.05) is 19.3 Å². The molecule has 0 rings (SSSR count). The first-order valence-corrected chi connectivity index (χ1v) is 28.9. The number of rotatable bonds is 51. The van der Waals surface area contributed by atoms with Crippen LogP contribution >= 0.6 is 0 Å². The minimum atomic E-state index is -0.822. The molecule has 0 saturated heterocycles. The van der Waals surface area contributed by atoms with E-state index in [1.165, 1.54) is 116 Å². The molecule has 0 spiro atoms. The van der Waals surface area contributed by atoms with Crippen LogP contribution in [0.3, 0.4) is 0 Å². The van der Waals surface area contributed by atoms with Crippen molar-refractivity contribution >= 4 is 17.9 Å². The molecule has 0 heterocycles. The fourth-order valence-corrected chi connectivity index (χ4v) is 7.71. The van der Waals surface area contributed by atoms with Crippen molar-refractivity contribution in [3.05, 3.63) is 109 Å². The molecule has 0 aliphatic heterocycles. The minimum absolute atomic E-state index is 0.111. The maximum atomic E-state index is 12.8. The van der Waals surface area contributed by atoms with Crippen LogP contribution in [-0.4, -0.2) is 37.2 Å². The van der Waals surface area contributed by atoms with Gasteiger partial charge in [0.05, 0.1) is 0 Å². The van der Waals surface area contributed by atoms with E-state index in [0.717, 1.165) is 96.3 Å². The normalized spacial score (nSPS) is 12.9. The molecule has 0 aromatic heterocycles. The molecule has 0 bridgehead atoms. The summed E-state index contributed by atoms with van der Waals surface area (Å²) < 4.78 is 16.8. The van der Waals surface area contributed by atoms with Crippen LogP contribution in [0.25, 0.3) is 0 Å². The Labute approximate surface area is 431 Å². The molecule has 1 unspecified atom stereocenters. The molecule has 0 amide bonds. The molecule has 1 atom stereocenters. The predicted molar refractivity (Wildman–Crippen MR) is 302 cm³/mol. The zero-order valence-corrected chi connectivity index (χ0v) is 45.5. The van der Waals surface area contributed by atoms with Crippen LogP contribution in [0.4, 0.5) is 0 Å². The molecule has 398 valence electrons. The van der Waals surface area contributed by atoms with Crippen LogP contribution in [0.2, 0.25) is 0 Å². The maximum Gasteiger partial charge on any atom is 0.306 e. The largest absolute Gasteiger partial charge is 0.462 e. The molecule has 0 aromatic carbocycles. The lowest BCUT2D eigenvalue weighted by atomic mass is 10.1. The van der Waals surface area contributed by atoms with Crippen LogP contribution in [0, 0.1) is 0 Å². The quantitative estimate of drug-likeness (QED) is 0.0262. The van der Waals surface area contributed by atoms with E-state index < -0.39 is 12.1 Å². The highest BCUT2D eigenvalue weighted by Crippen LogP contribution is 2.14. The second-order valence-corrected chi connectivity index (χ2v) is 18.8. The fraction of sp³-hybridized carbons (Fsp3) is 0.672. The third-order valence-corrected chi connectivity index (χ3v) is 12.0. The molecule has 0 saturated carbocycles. The van der Waals surface area contributed by atoms with Crippen LogP contribution in [0.5, 0.6) is 0 Å². The highest BCUT2D eigenvalue weighted by atomic mass is 16.6. The van der Waals surface area contributed by atoms with Gasteiger partial charge in [0.15, 0.2) is 6.10 Å². The lowest BCUT2D eigenvalue weighted by molar-refractivity contribution is -0.166. The van der Waals surface area contributed by atoms with Gasteiger partial charge < -0.3 is 14.2 Å². The van der Waals surface area contributed by atoms with E-state index in [4.69, 9.17) is 14.2 Å². The van der Waals surface area contributed by atoms with Gasteiger partial charge in [-0.3, -0.25) is 14.4 Å². The number of carbonyl (C=O) groups excluding carboxylic acids is 3. The van der Waals surface area contributed by atoms with E-state index in [2.05, 4.69) is 118 Å². The number of unbranched alkanes of at least 4 members (excludes halogenated alkanes) is 22. The Bertz CT molecular complexity index is 1440. The summed E-state index contributed by atoms with van der Waals surface area (Å²) in [6.07, 6.45) is 78.1. The van der Waals surface area contributed by atoms with Crippen LogP contribution < -0.4 is 0 Å². The van der Waals surface area contributed by atoms with Crippen LogP contribution in [0.1, 0.15) is 258 Å². The van der Waals surface area contributed by atoms with Gasteiger partial charge in [0.1, 0.15) is 13.2 Å². The number of carbonyl (C=O) groups is 3. The Hall–Kier alpha value is -3.93. The highest BCUT2D eigenvalue weighted by molar-refractivity contribution is 5.71. The second kappa shape index (κ2) is 57.6. The fourth-order valence-electron chi connectivity index (χ4n) is 7.71. The van der Waals surface area contributed by atoms with E-state index in [9.17, 15) is 14.4 Å². The van der Waals surface area contributed by atoms with Crippen molar-refractivity contribution in [2.45, 2.75) is 264 Å². The Morgan fingerprint density at radius 3 is 0.929 bits per heavy atom. The lowest BCUT2D eigenvalue weighted by Gasteiger charge is -2.18. The molecule has 6 nitrogen and oxygen atoms in total. The summed E-state index contributed by atoms with van der Waals surface area (Å²) in [5, 5.41) is 0. The second-order valence-electron chi connectivity index (χ2n) is 18.8. The SMILES string of the molecule is CC/C=C\C/C=C\C/C=C\C/C=C\C/C=C\C/C=C\CCC(=O)OC(COC(=O)CCCCCCCCCC/C=C\C/C=C\C/C=C\CCCCCCC)COC(=O)CCCCCCCCCCCC. The van der Waals surface area contributed by atoms with Crippen molar-refractivity contribution in [3.8, 4) is 0 Å². The van der Waals surface area contributed by atoms with Gasteiger partial charge in [-0.15, -0.1) is 0 Å². The standard InChI is InChI=1S/C64H106O6/c1-4-7-10-13-16-19-22-24-26-28-30-31-32-33-35-36-38-40-42-45-48-51-54-57-63(66)69-60-61(59-68-62(65)56-53-50-47-44-21-18-15-12-9-6-3)70-64(67)58-55-52-49-46-43-41-39-37-34-29-27-25-23-20-17-14-11-8-5-2/h8,11,17,20,22,24-25,27-28,30,32-34,37,41,43,49,52,61H,4-7,9-10,12-16,18-19,21,23,26,29,31,35-36,38-40,42,44-48,50-51,53-60H2,1-3H3/b11-8-,20-17-,24-22-,27-25-,30-28-,33-32-,37-34-,43-41-,52-49-. The van der Waals surface area contributed by atoms with Crippen LogP contribution in [0.15, 0.2) is 109 Å². The first-order chi connectivity index (χ1) is 34.5. The molecule has 0 radical (unpaired) electrons. The molecular formula is C64H106O6. The van der Waals surface area contributed by atoms with Crippen molar-refractivity contribution in [2.75, 3.05) is 13.2 Å². The highest BCUT2D eigenvalue weighted by Gasteiger charge is 2.19. The Balaban J connectivity index is 4.42. The van der Waals surface area contributed by atoms with E-state index in [-0.39, 0.29) is 31.6 Å². The summed E-state index contributed by atoms with van der Waals surface area (Å²) in [6.45, 7) is 6.43. The van der Waals surface area contributed by atoms with Gasteiger partial charge in [0.25, 0.3) is 0 Å². The molecule has 0 aliphatic carbocycles. The average molecular weight is 972 g/mol. The van der Waals surface area contributed by atoms with Gasteiger partial charge in [-0.05, 0) is 96.3 Å². The van der Waals surface area contributed by atoms with Crippen molar-refractivity contribution < 1.29 is 28.6 Å². The summed E-state index contributed by atoms with van der Waals surface area (Å²) in [7, 11) is 0. The zero-order chi connectivity index (χ0) is 50.7. The topological polar surface area (TPSA) is 78.9 Å².